The highest BCUT2D eigenvalue weighted by Gasteiger charge is 2.41. The standard InChI is InChI=1S/C58H78Cl4N8O12S2/c59-41-35-49-47(51(61)37-41)39-53(69-23-5-1-6-24-69)55(49)81-43-9-13-45(14-10-43)83(73,74)67-21-29-79-33-31-77-27-19-65-57(71)63-17-3-4-18-64-58(72)66-20-28-78-32-34-80-30-22-68-84(75,76)46-15-11-44(12-16-46)82-56-50-36-42(60)38-52(62)48(50)40-54(56)70-25-7-2-8-26-70/h9-16,35-38,53-56,67-68H,1-8,17-34,39-40H2,(H2,63,65,71)(H2,64,66,72)/t53-,54-,55-,56-/m0/s1. The molecule has 0 spiro atoms. The predicted octanol–water partition coefficient (Wildman–Crippen LogP) is 8.06. The summed E-state index contributed by atoms with van der Waals surface area (Å²) in [6.07, 6.45) is 9.20. The van der Waals surface area contributed by atoms with Crippen molar-refractivity contribution in [2.75, 3.05) is 118 Å². The number of benzene rings is 4. The Labute approximate surface area is 514 Å². The van der Waals surface area contributed by atoms with Crippen LogP contribution < -0.4 is 40.2 Å². The zero-order valence-corrected chi connectivity index (χ0v) is 51.8. The fourth-order valence-electron chi connectivity index (χ4n) is 10.9. The number of rotatable bonds is 33. The van der Waals surface area contributed by atoms with Crippen LogP contribution in [0.4, 0.5) is 9.59 Å². The number of piperidine rings is 2. The molecule has 4 aromatic carbocycles. The number of sulfonamides is 2. The summed E-state index contributed by atoms with van der Waals surface area (Å²) in [5.41, 5.74) is 4.02. The lowest BCUT2D eigenvalue weighted by molar-refractivity contribution is 0.0516. The van der Waals surface area contributed by atoms with Crippen molar-refractivity contribution in [1.82, 2.24) is 40.5 Å². The van der Waals surface area contributed by atoms with E-state index in [4.69, 9.17) is 74.8 Å². The van der Waals surface area contributed by atoms with E-state index >= 15 is 0 Å². The summed E-state index contributed by atoms with van der Waals surface area (Å²) in [4.78, 5) is 29.4. The number of carbonyl (C=O) groups is 2. The van der Waals surface area contributed by atoms with Crippen LogP contribution in [0.25, 0.3) is 0 Å². The number of nitrogens with one attached hydrogen (secondary N) is 6. The van der Waals surface area contributed by atoms with Crippen LogP contribution in [0.15, 0.2) is 82.6 Å². The van der Waals surface area contributed by atoms with Gasteiger partial charge in [0, 0.05) is 70.5 Å². The van der Waals surface area contributed by atoms with Gasteiger partial charge in [0.1, 0.15) is 23.7 Å². The number of nitrogens with zero attached hydrogens (tertiary/aromatic N) is 2. The Hall–Kier alpha value is -4.24. The van der Waals surface area contributed by atoms with Crippen LogP contribution in [-0.2, 0) is 51.8 Å². The van der Waals surface area contributed by atoms with Gasteiger partial charge >= 0.3 is 12.1 Å². The molecule has 0 bridgehead atoms. The third kappa shape index (κ3) is 19.6. The molecular formula is C58H78Cl4N8O12S2. The normalized spacial score (nSPS) is 19.1. The molecule has 20 nitrogen and oxygen atoms in total. The maximum Gasteiger partial charge on any atom is 0.314 e. The number of halogens is 4. The van der Waals surface area contributed by atoms with Crippen LogP contribution in [0.5, 0.6) is 11.5 Å². The van der Waals surface area contributed by atoms with Gasteiger partial charge in [0.25, 0.3) is 0 Å². The van der Waals surface area contributed by atoms with Crippen LogP contribution >= 0.6 is 46.4 Å². The lowest BCUT2D eigenvalue weighted by Crippen LogP contribution is -2.43. The van der Waals surface area contributed by atoms with Gasteiger partial charge in [-0.05, 0) is 161 Å². The summed E-state index contributed by atoms with van der Waals surface area (Å²) in [6, 6.07) is 19.7. The zero-order chi connectivity index (χ0) is 59.3. The molecule has 462 valence electrons. The van der Waals surface area contributed by atoms with Gasteiger partial charge in [-0.2, -0.15) is 0 Å². The SMILES string of the molecule is O=C(NCCCCNC(=O)NCCOCCOCCNS(=O)(=O)c1ccc(O[C@H]2c3cc(Cl)cc(Cl)c3C[C@@H]2N2CCCCC2)cc1)NCCOCCOCCNS(=O)(=O)c1ccc(O[C@H]2c3cc(Cl)cc(Cl)c3C[C@@H]2N2CCCCC2)cc1. The third-order valence-electron chi connectivity index (χ3n) is 15.1. The Morgan fingerprint density at radius 2 is 0.798 bits per heavy atom. The Bertz CT molecular complexity index is 2780. The molecule has 0 aromatic heterocycles. The van der Waals surface area contributed by atoms with E-state index in [-0.39, 0.29) is 125 Å². The van der Waals surface area contributed by atoms with Crippen LogP contribution in [0.1, 0.15) is 85.8 Å². The molecule has 4 aromatic rings. The first kappa shape index (κ1) is 65.7. The highest BCUT2D eigenvalue weighted by atomic mass is 35.5. The maximum absolute atomic E-state index is 13.0. The summed E-state index contributed by atoms with van der Waals surface area (Å²) in [5, 5.41) is 13.3. The lowest BCUT2D eigenvalue weighted by atomic mass is 10.0. The largest absolute Gasteiger partial charge is 0.484 e. The third-order valence-corrected chi connectivity index (χ3v) is 19.2. The molecule has 2 aliphatic heterocycles. The Kier molecular flexibility index (Phi) is 26.0. The molecule has 2 fully saturated rings. The average molecular weight is 1290 g/mol. The molecule has 2 heterocycles. The molecule has 26 heteroatoms. The van der Waals surface area contributed by atoms with Gasteiger partial charge in [-0.3, -0.25) is 9.80 Å². The highest BCUT2D eigenvalue weighted by molar-refractivity contribution is 7.89. The van der Waals surface area contributed by atoms with Crippen molar-refractivity contribution >= 4 is 78.5 Å². The number of hydrogen-bond acceptors (Lipinski definition) is 14. The van der Waals surface area contributed by atoms with E-state index in [1.807, 2.05) is 12.1 Å². The first-order chi connectivity index (χ1) is 40.6. The van der Waals surface area contributed by atoms with Crippen LogP contribution in [0.3, 0.4) is 0 Å². The summed E-state index contributed by atoms with van der Waals surface area (Å²) in [7, 11) is -7.58. The fraction of sp³-hybridized carbons (Fsp3) is 0.552. The Morgan fingerprint density at radius 1 is 0.452 bits per heavy atom. The van der Waals surface area contributed by atoms with Gasteiger partial charge in [-0.15, -0.1) is 0 Å². The molecule has 2 aliphatic carbocycles. The van der Waals surface area contributed by atoms with Gasteiger partial charge in [0.05, 0.1) is 74.7 Å². The van der Waals surface area contributed by atoms with E-state index < -0.39 is 20.0 Å². The first-order valence-corrected chi connectivity index (χ1v) is 33.4. The molecule has 0 saturated carbocycles. The van der Waals surface area contributed by atoms with Gasteiger partial charge < -0.3 is 49.7 Å². The van der Waals surface area contributed by atoms with Crippen molar-refractivity contribution in [2.45, 2.75) is 98.3 Å². The highest BCUT2D eigenvalue weighted by Crippen LogP contribution is 2.45. The van der Waals surface area contributed by atoms with Gasteiger partial charge in [0.15, 0.2) is 0 Å². The van der Waals surface area contributed by atoms with Crippen molar-refractivity contribution in [2.24, 2.45) is 0 Å². The number of carbonyl (C=O) groups excluding carboxylic acids is 2. The smallest absolute Gasteiger partial charge is 0.314 e. The van der Waals surface area contributed by atoms with Crippen molar-refractivity contribution < 1.29 is 54.8 Å². The van der Waals surface area contributed by atoms with E-state index in [2.05, 4.69) is 40.5 Å². The minimum atomic E-state index is -3.79. The molecule has 84 heavy (non-hydrogen) atoms. The van der Waals surface area contributed by atoms with E-state index in [1.54, 1.807) is 36.4 Å². The van der Waals surface area contributed by atoms with Crippen molar-refractivity contribution in [1.29, 1.82) is 0 Å². The summed E-state index contributed by atoms with van der Waals surface area (Å²) < 4.78 is 92.4. The van der Waals surface area contributed by atoms with E-state index in [0.717, 1.165) is 87.0 Å². The number of amides is 4. The molecule has 0 unspecified atom stereocenters. The van der Waals surface area contributed by atoms with Gasteiger partial charge in [-0.25, -0.2) is 35.9 Å². The van der Waals surface area contributed by atoms with Crippen molar-refractivity contribution in [3.63, 3.8) is 0 Å². The first-order valence-electron chi connectivity index (χ1n) is 29.0. The van der Waals surface area contributed by atoms with Crippen molar-refractivity contribution in [3.8, 4) is 11.5 Å². The summed E-state index contributed by atoms with van der Waals surface area (Å²) in [5.74, 6) is 1.10. The Morgan fingerprint density at radius 3 is 1.17 bits per heavy atom. The second kappa shape index (κ2) is 33.2. The number of ether oxygens (including phenoxy) is 6. The lowest BCUT2D eigenvalue weighted by Gasteiger charge is -2.35. The number of likely N-dealkylation sites (tertiary alicyclic amines) is 2. The number of hydrogen-bond donors (Lipinski definition) is 6. The molecule has 4 aliphatic rings. The molecular weight excluding hydrogens is 1210 g/mol. The van der Waals surface area contributed by atoms with Crippen LogP contribution in [-0.4, -0.2) is 169 Å². The van der Waals surface area contributed by atoms with Crippen LogP contribution in [0.2, 0.25) is 20.1 Å². The quantitative estimate of drug-likeness (QED) is 0.0248. The molecule has 4 atom stereocenters. The van der Waals surface area contributed by atoms with Crippen molar-refractivity contribution in [3.05, 3.63) is 115 Å². The minimum absolute atomic E-state index is 0.0696. The van der Waals surface area contributed by atoms with E-state index in [9.17, 15) is 26.4 Å². The van der Waals surface area contributed by atoms with Gasteiger partial charge in [-0.1, -0.05) is 59.2 Å². The van der Waals surface area contributed by atoms with Gasteiger partial charge in [0.2, 0.25) is 20.0 Å². The molecule has 2 saturated heterocycles. The second-order valence-electron chi connectivity index (χ2n) is 21.0. The number of fused-ring (bicyclic) bond motifs is 2. The Balaban J connectivity index is 0.576. The second-order valence-corrected chi connectivity index (χ2v) is 26.2. The van der Waals surface area contributed by atoms with Crippen LogP contribution in [0, 0.1) is 0 Å². The molecule has 8 rings (SSSR count). The minimum Gasteiger partial charge on any atom is -0.484 e. The zero-order valence-electron chi connectivity index (χ0n) is 47.2. The average Bonchev–Trinajstić information content (AvgIpc) is 2.59. The van der Waals surface area contributed by atoms with E-state index in [0.29, 0.717) is 57.5 Å². The molecule has 4 amide bonds. The monoisotopic (exact) mass is 1280 g/mol. The number of unbranched alkanes of at least 4 members (excludes halogenated alkanes) is 1. The van der Waals surface area contributed by atoms with E-state index in [1.165, 1.54) is 37.1 Å². The topological polar surface area (TPSA) is 236 Å². The maximum atomic E-state index is 13.0. The molecule has 0 radical (unpaired) electrons. The predicted molar refractivity (Wildman–Crippen MR) is 324 cm³/mol. The number of urea groups is 2. The summed E-state index contributed by atoms with van der Waals surface area (Å²) in [6.45, 7) is 7.34. The molecule has 6 N–H and O–H groups in total. The fourth-order valence-corrected chi connectivity index (χ4v) is 14.1. The summed E-state index contributed by atoms with van der Waals surface area (Å²) >= 11 is 26.1.